The average Bonchev–Trinajstić information content (AvgIpc) is 2.08. The van der Waals surface area contributed by atoms with Gasteiger partial charge in [0, 0.05) is 10.2 Å². The number of hydrogen-bond acceptors (Lipinski definition) is 3. The summed E-state index contributed by atoms with van der Waals surface area (Å²) in [4.78, 5) is 10.5. The third-order valence-electron chi connectivity index (χ3n) is 1.65. The SMILES string of the molecule is Nc1cc(C(N)C(=O)O)ccc1Br. The Labute approximate surface area is 83.7 Å². The molecule has 1 rings (SSSR count). The second kappa shape index (κ2) is 3.76. The Hall–Kier alpha value is -1.07. The van der Waals surface area contributed by atoms with E-state index in [1.165, 1.54) is 0 Å². The normalized spacial score (nSPS) is 12.5. The largest absolute Gasteiger partial charge is 0.480 e. The summed E-state index contributed by atoms with van der Waals surface area (Å²) < 4.78 is 0.730. The molecule has 1 unspecified atom stereocenters. The van der Waals surface area contributed by atoms with Crippen molar-refractivity contribution in [3.8, 4) is 0 Å². The van der Waals surface area contributed by atoms with E-state index in [1.807, 2.05) is 0 Å². The van der Waals surface area contributed by atoms with E-state index in [2.05, 4.69) is 15.9 Å². The van der Waals surface area contributed by atoms with Gasteiger partial charge in [-0.25, -0.2) is 0 Å². The molecule has 5 N–H and O–H groups in total. The molecule has 70 valence electrons. The van der Waals surface area contributed by atoms with Crippen LogP contribution in [0.4, 0.5) is 5.69 Å². The van der Waals surface area contributed by atoms with Gasteiger partial charge in [0.2, 0.25) is 0 Å². The Morgan fingerprint density at radius 2 is 2.15 bits per heavy atom. The zero-order chi connectivity index (χ0) is 10.0. The monoisotopic (exact) mass is 244 g/mol. The van der Waals surface area contributed by atoms with Gasteiger partial charge >= 0.3 is 5.97 Å². The lowest BCUT2D eigenvalue weighted by Gasteiger charge is -2.07. The second-order valence-corrected chi connectivity index (χ2v) is 3.45. The molecule has 1 atom stereocenters. The predicted octanol–water partition coefficient (Wildman–Crippen LogP) is 1.12. The van der Waals surface area contributed by atoms with Gasteiger partial charge in [-0.05, 0) is 33.6 Å². The Bertz CT molecular complexity index is 341. The number of carboxylic acid groups (broad SMARTS) is 1. The number of nitrogen functional groups attached to an aromatic ring is 1. The van der Waals surface area contributed by atoms with Crippen LogP contribution in [0.5, 0.6) is 0 Å². The van der Waals surface area contributed by atoms with Crippen LogP contribution in [-0.2, 0) is 4.79 Å². The number of benzene rings is 1. The molecule has 0 aliphatic carbocycles. The van der Waals surface area contributed by atoms with E-state index in [9.17, 15) is 4.79 Å². The van der Waals surface area contributed by atoms with Crippen molar-refractivity contribution < 1.29 is 9.90 Å². The molecule has 0 aliphatic heterocycles. The average molecular weight is 245 g/mol. The van der Waals surface area contributed by atoms with E-state index >= 15 is 0 Å². The standard InChI is InChI=1S/C8H9BrN2O2/c9-5-2-1-4(3-6(5)10)7(11)8(12)13/h1-3,7H,10-11H2,(H,12,13). The van der Waals surface area contributed by atoms with Crippen molar-refractivity contribution in [1.82, 2.24) is 0 Å². The number of carbonyl (C=O) groups is 1. The van der Waals surface area contributed by atoms with Crippen molar-refractivity contribution in [2.24, 2.45) is 5.73 Å². The molecule has 0 saturated carbocycles. The summed E-state index contributed by atoms with van der Waals surface area (Å²) >= 11 is 3.20. The van der Waals surface area contributed by atoms with Crippen LogP contribution < -0.4 is 11.5 Å². The van der Waals surface area contributed by atoms with E-state index in [0.717, 1.165) is 4.47 Å². The molecule has 0 spiro atoms. The molecule has 5 heteroatoms. The molecule has 0 aliphatic rings. The van der Waals surface area contributed by atoms with E-state index in [-0.39, 0.29) is 0 Å². The zero-order valence-electron chi connectivity index (χ0n) is 6.70. The van der Waals surface area contributed by atoms with Gasteiger partial charge in [-0.2, -0.15) is 0 Å². The minimum Gasteiger partial charge on any atom is -0.480 e. The number of carboxylic acids is 1. The summed E-state index contributed by atoms with van der Waals surface area (Å²) in [6.07, 6.45) is 0. The number of anilines is 1. The van der Waals surface area contributed by atoms with Gasteiger partial charge in [-0.3, -0.25) is 4.79 Å². The highest BCUT2D eigenvalue weighted by Crippen LogP contribution is 2.22. The maximum atomic E-state index is 10.5. The summed E-state index contributed by atoms with van der Waals surface area (Å²) in [5, 5.41) is 8.62. The smallest absolute Gasteiger partial charge is 0.325 e. The number of nitrogens with two attached hydrogens (primary N) is 2. The fraction of sp³-hybridized carbons (Fsp3) is 0.125. The lowest BCUT2D eigenvalue weighted by molar-refractivity contribution is -0.138. The van der Waals surface area contributed by atoms with Crippen LogP contribution >= 0.6 is 15.9 Å². The second-order valence-electron chi connectivity index (χ2n) is 2.60. The maximum Gasteiger partial charge on any atom is 0.325 e. The van der Waals surface area contributed by atoms with E-state index in [0.29, 0.717) is 11.3 Å². The predicted molar refractivity (Wildman–Crippen MR) is 53.1 cm³/mol. The fourth-order valence-corrected chi connectivity index (χ4v) is 1.14. The molecule has 13 heavy (non-hydrogen) atoms. The number of halogens is 1. The van der Waals surface area contributed by atoms with Crippen molar-refractivity contribution in [3.63, 3.8) is 0 Å². The van der Waals surface area contributed by atoms with Gasteiger partial charge in [0.1, 0.15) is 6.04 Å². The van der Waals surface area contributed by atoms with Crippen LogP contribution in [0, 0.1) is 0 Å². The summed E-state index contributed by atoms with van der Waals surface area (Å²) in [6.45, 7) is 0. The van der Waals surface area contributed by atoms with Crippen molar-refractivity contribution in [1.29, 1.82) is 0 Å². The minimum absolute atomic E-state index is 0.481. The summed E-state index contributed by atoms with van der Waals surface area (Å²) in [5.74, 6) is -1.07. The molecule has 0 saturated heterocycles. The highest BCUT2D eigenvalue weighted by molar-refractivity contribution is 9.10. The molecule has 1 aromatic carbocycles. The molecule has 0 heterocycles. The first-order chi connectivity index (χ1) is 6.02. The molecule has 0 fully saturated rings. The first-order valence-electron chi connectivity index (χ1n) is 3.55. The van der Waals surface area contributed by atoms with Crippen molar-refractivity contribution >= 4 is 27.6 Å². The summed E-state index contributed by atoms with van der Waals surface area (Å²) in [7, 11) is 0. The highest BCUT2D eigenvalue weighted by Gasteiger charge is 2.14. The van der Waals surface area contributed by atoms with Crippen LogP contribution in [0.2, 0.25) is 0 Å². The van der Waals surface area contributed by atoms with Gasteiger partial charge in [-0.15, -0.1) is 0 Å². The molecule has 0 radical (unpaired) electrons. The van der Waals surface area contributed by atoms with Crippen molar-refractivity contribution in [2.45, 2.75) is 6.04 Å². The first kappa shape index (κ1) is 10.0. The van der Waals surface area contributed by atoms with Crippen LogP contribution in [-0.4, -0.2) is 11.1 Å². The molecule has 0 bridgehead atoms. The number of hydrogen-bond donors (Lipinski definition) is 3. The fourth-order valence-electron chi connectivity index (χ4n) is 0.898. The molecule has 1 aromatic rings. The molecular weight excluding hydrogens is 236 g/mol. The van der Waals surface area contributed by atoms with Crippen molar-refractivity contribution in [3.05, 3.63) is 28.2 Å². The van der Waals surface area contributed by atoms with Gasteiger partial charge < -0.3 is 16.6 Å². The van der Waals surface area contributed by atoms with E-state index in [4.69, 9.17) is 16.6 Å². The van der Waals surface area contributed by atoms with E-state index < -0.39 is 12.0 Å². The topological polar surface area (TPSA) is 89.3 Å². The maximum absolute atomic E-state index is 10.5. The lowest BCUT2D eigenvalue weighted by Crippen LogP contribution is -2.20. The highest BCUT2D eigenvalue weighted by atomic mass is 79.9. The Morgan fingerprint density at radius 1 is 1.54 bits per heavy atom. The van der Waals surface area contributed by atoms with Crippen molar-refractivity contribution in [2.75, 3.05) is 5.73 Å². The quantitative estimate of drug-likeness (QED) is 0.681. The van der Waals surface area contributed by atoms with Crippen LogP contribution in [0.3, 0.4) is 0 Å². The number of rotatable bonds is 2. The van der Waals surface area contributed by atoms with Crippen LogP contribution in [0.25, 0.3) is 0 Å². The van der Waals surface area contributed by atoms with E-state index in [1.54, 1.807) is 18.2 Å². The van der Waals surface area contributed by atoms with Gasteiger partial charge in [0.05, 0.1) is 0 Å². The molecule has 0 aromatic heterocycles. The lowest BCUT2D eigenvalue weighted by atomic mass is 10.1. The zero-order valence-corrected chi connectivity index (χ0v) is 8.28. The summed E-state index contributed by atoms with van der Waals surface area (Å²) in [5.41, 5.74) is 11.9. The Balaban J connectivity index is 3.03. The van der Waals surface area contributed by atoms with Gasteiger partial charge in [0.15, 0.2) is 0 Å². The summed E-state index contributed by atoms with van der Waals surface area (Å²) in [6, 6.07) is 3.82. The number of aliphatic carboxylic acids is 1. The minimum atomic E-state index is -1.07. The Morgan fingerprint density at radius 3 is 2.62 bits per heavy atom. The van der Waals surface area contributed by atoms with Crippen LogP contribution in [0.15, 0.2) is 22.7 Å². The molecule has 0 amide bonds. The first-order valence-corrected chi connectivity index (χ1v) is 4.35. The van der Waals surface area contributed by atoms with Gasteiger partial charge in [0.25, 0.3) is 0 Å². The van der Waals surface area contributed by atoms with Gasteiger partial charge in [-0.1, -0.05) is 6.07 Å². The Kier molecular flexibility index (Phi) is 2.90. The molecular formula is C8H9BrN2O2. The molecule has 4 nitrogen and oxygen atoms in total. The third kappa shape index (κ3) is 2.19. The van der Waals surface area contributed by atoms with Crippen LogP contribution in [0.1, 0.15) is 11.6 Å². The third-order valence-corrected chi connectivity index (χ3v) is 2.37.